The van der Waals surface area contributed by atoms with E-state index < -0.39 is 0 Å². The van der Waals surface area contributed by atoms with Crippen molar-refractivity contribution in [1.29, 1.82) is 0 Å². The molecule has 0 amide bonds. The van der Waals surface area contributed by atoms with Gasteiger partial charge in [-0.05, 0) is 71.1 Å². The van der Waals surface area contributed by atoms with Gasteiger partial charge in [0.1, 0.15) is 0 Å². The van der Waals surface area contributed by atoms with Crippen LogP contribution in [0.4, 0.5) is 0 Å². The Kier molecular flexibility index (Phi) is 9.84. The van der Waals surface area contributed by atoms with Crippen LogP contribution in [0.1, 0.15) is 67.7 Å². The summed E-state index contributed by atoms with van der Waals surface area (Å²) in [6.07, 6.45) is 4.26. The van der Waals surface area contributed by atoms with Crippen LogP contribution in [0.3, 0.4) is 0 Å². The fourth-order valence-corrected chi connectivity index (χ4v) is 4.22. The molecule has 0 atom stereocenters. The molecule has 0 saturated carbocycles. The van der Waals surface area contributed by atoms with E-state index in [0.717, 1.165) is 11.8 Å². The minimum atomic E-state index is 0.341. The number of hydrogen-bond acceptors (Lipinski definition) is 3. The van der Waals surface area contributed by atoms with Crippen molar-refractivity contribution in [2.24, 2.45) is 11.8 Å². The Morgan fingerprint density at radius 3 is 2.08 bits per heavy atom. The van der Waals surface area contributed by atoms with Gasteiger partial charge in [-0.2, -0.15) is 0 Å². The standard InChI is InChI=1S/C19H39N3.C2H6/c1-6-20-10-7-18(8-11-20)9-12-21-13-14-22(15-17(2)3)19(4,5)16-21;1-2/h17-18H,6-16H2,1-5H3;1-2H3. The largest absolute Gasteiger partial charge is 0.304 e. The van der Waals surface area contributed by atoms with Crippen molar-refractivity contribution in [3.05, 3.63) is 0 Å². The molecule has 144 valence electrons. The van der Waals surface area contributed by atoms with E-state index in [1.165, 1.54) is 71.6 Å². The highest BCUT2D eigenvalue weighted by Gasteiger charge is 2.33. The molecule has 0 radical (unpaired) electrons. The average Bonchev–Trinajstić information content (AvgIpc) is 2.57. The molecule has 0 aromatic rings. The van der Waals surface area contributed by atoms with Gasteiger partial charge in [-0.3, -0.25) is 4.90 Å². The van der Waals surface area contributed by atoms with Crippen molar-refractivity contribution in [2.45, 2.75) is 73.3 Å². The van der Waals surface area contributed by atoms with Crippen LogP contribution in [0.25, 0.3) is 0 Å². The van der Waals surface area contributed by atoms with Gasteiger partial charge in [0.05, 0.1) is 0 Å². The first-order chi connectivity index (χ1) is 11.4. The third-order valence-electron chi connectivity index (χ3n) is 5.75. The molecular formula is C21H45N3. The van der Waals surface area contributed by atoms with Crippen LogP contribution in [-0.4, -0.2) is 72.6 Å². The zero-order chi connectivity index (χ0) is 18.2. The predicted molar refractivity (Wildman–Crippen MR) is 108 cm³/mol. The Bertz CT molecular complexity index is 319. The van der Waals surface area contributed by atoms with E-state index in [-0.39, 0.29) is 0 Å². The molecule has 2 fully saturated rings. The maximum Gasteiger partial charge on any atom is 0.0280 e. The minimum Gasteiger partial charge on any atom is -0.304 e. The van der Waals surface area contributed by atoms with Gasteiger partial charge in [-0.1, -0.05) is 34.6 Å². The van der Waals surface area contributed by atoms with Crippen molar-refractivity contribution in [2.75, 3.05) is 52.4 Å². The molecule has 2 saturated heterocycles. The van der Waals surface area contributed by atoms with E-state index in [2.05, 4.69) is 49.3 Å². The third kappa shape index (κ3) is 7.01. The fraction of sp³-hybridized carbons (Fsp3) is 1.00. The predicted octanol–water partition coefficient (Wildman–Crippen LogP) is 4.19. The van der Waals surface area contributed by atoms with Crippen molar-refractivity contribution < 1.29 is 0 Å². The molecule has 0 aromatic heterocycles. The van der Waals surface area contributed by atoms with Crippen LogP contribution < -0.4 is 0 Å². The summed E-state index contributed by atoms with van der Waals surface area (Å²) >= 11 is 0. The molecule has 0 aromatic carbocycles. The summed E-state index contributed by atoms with van der Waals surface area (Å²) in [5.41, 5.74) is 0.341. The second-order valence-electron chi connectivity index (χ2n) is 8.59. The SMILES string of the molecule is CC.CCN1CCC(CCN2CCN(CC(C)C)C(C)(C)C2)CC1. The lowest BCUT2D eigenvalue weighted by Gasteiger charge is -2.48. The summed E-state index contributed by atoms with van der Waals surface area (Å²) in [6.45, 7) is 26.0. The molecule has 0 unspecified atom stereocenters. The summed E-state index contributed by atoms with van der Waals surface area (Å²) in [7, 11) is 0. The molecule has 0 spiro atoms. The van der Waals surface area contributed by atoms with Crippen molar-refractivity contribution in [3.8, 4) is 0 Å². The van der Waals surface area contributed by atoms with Gasteiger partial charge >= 0.3 is 0 Å². The van der Waals surface area contributed by atoms with Gasteiger partial charge in [0.15, 0.2) is 0 Å². The van der Waals surface area contributed by atoms with Gasteiger partial charge in [0, 0.05) is 31.7 Å². The van der Waals surface area contributed by atoms with E-state index in [1.54, 1.807) is 0 Å². The first-order valence-electron chi connectivity index (χ1n) is 10.6. The van der Waals surface area contributed by atoms with Crippen LogP contribution >= 0.6 is 0 Å². The Labute approximate surface area is 152 Å². The van der Waals surface area contributed by atoms with E-state index in [9.17, 15) is 0 Å². The van der Waals surface area contributed by atoms with Crippen LogP contribution in [0, 0.1) is 11.8 Å². The zero-order valence-electron chi connectivity index (χ0n) is 17.8. The number of nitrogens with zero attached hydrogens (tertiary/aromatic N) is 3. The molecule has 24 heavy (non-hydrogen) atoms. The smallest absolute Gasteiger partial charge is 0.0280 e. The van der Waals surface area contributed by atoms with E-state index in [0.29, 0.717) is 5.54 Å². The Morgan fingerprint density at radius 1 is 0.958 bits per heavy atom. The van der Waals surface area contributed by atoms with Crippen molar-refractivity contribution in [1.82, 2.24) is 14.7 Å². The highest BCUT2D eigenvalue weighted by Crippen LogP contribution is 2.25. The molecule has 2 aliphatic rings. The number of piperidine rings is 1. The monoisotopic (exact) mass is 339 g/mol. The lowest BCUT2D eigenvalue weighted by Crippen LogP contribution is -2.60. The number of rotatable bonds is 6. The number of hydrogen-bond donors (Lipinski definition) is 0. The number of likely N-dealkylation sites (tertiary alicyclic amines) is 1. The average molecular weight is 340 g/mol. The quantitative estimate of drug-likeness (QED) is 0.718. The van der Waals surface area contributed by atoms with E-state index in [4.69, 9.17) is 0 Å². The van der Waals surface area contributed by atoms with Crippen LogP contribution in [0.15, 0.2) is 0 Å². The maximum absolute atomic E-state index is 2.73. The molecule has 0 aliphatic carbocycles. The molecule has 3 heteroatoms. The molecule has 0 bridgehead atoms. The molecule has 2 rings (SSSR count). The first kappa shape index (κ1) is 21.9. The topological polar surface area (TPSA) is 9.72 Å². The molecule has 2 heterocycles. The van der Waals surface area contributed by atoms with Gasteiger partial charge in [-0.15, -0.1) is 0 Å². The second-order valence-corrected chi connectivity index (χ2v) is 8.59. The van der Waals surface area contributed by atoms with Gasteiger partial charge in [0.25, 0.3) is 0 Å². The van der Waals surface area contributed by atoms with Gasteiger partial charge in [0.2, 0.25) is 0 Å². The summed E-state index contributed by atoms with van der Waals surface area (Å²) < 4.78 is 0. The Balaban J connectivity index is 0.00000139. The van der Waals surface area contributed by atoms with Crippen LogP contribution in [0.2, 0.25) is 0 Å². The fourth-order valence-electron chi connectivity index (χ4n) is 4.22. The summed E-state index contributed by atoms with van der Waals surface area (Å²) in [6, 6.07) is 0. The summed E-state index contributed by atoms with van der Waals surface area (Å²) in [5.74, 6) is 1.74. The normalized spacial score (nSPS) is 24.0. The summed E-state index contributed by atoms with van der Waals surface area (Å²) in [5, 5.41) is 0. The highest BCUT2D eigenvalue weighted by atomic mass is 15.3. The van der Waals surface area contributed by atoms with Gasteiger partial charge in [-0.25, -0.2) is 0 Å². The second kappa shape index (κ2) is 10.8. The lowest BCUT2D eigenvalue weighted by atomic mass is 9.92. The molecule has 2 aliphatic heterocycles. The van der Waals surface area contributed by atoms with Crippen LogP contribution in [-0.2, 0) is 0 Å². The van der Waals surface area contributed by atoms with Crippen molar-refractivity contribution in [3.63, 3.8) is 0 Å². The van der Waals surface area contributed by atoms with E-state index in [1.807, 2.05) is 13.8 Å². The molecule has 0 N–H and O–H groups in total. The summed E-state index contributed by atoms with van der Waals surface area (Å²) in [4.78, 5) is 8.03. The first-order valence-corrected chi connectivity index (χ1v) is 10.6. The Hall–Kier alpha value is -0.120. The van der Waals surface area contributed by atoms with Crippen LogP contribution in [0.5, 0.6) is 0 Å². The molecule has 3 nitrogen and oxygen atoms in total. The number of piperazine rings is 1. The van der Waals surface area contributed by atoms with Crippen molar-refractivity contribution >= 4 is 0 Å². The zero-order valence-corrected chi connectivity index (χ0v) is 17.8. The van der Waals surface area contributed by atoms with Gasteiger partial charge < -0.3 is 9.80 Å². The minimum absolute atomic E-state index is 0.341. The van der Waals surface area contributed by atoms with E-state index >= 15 is 0 Å². The third-order valence-corrected chi connectivity index (χ3v) is 5.75. The molecular weight excluding hydrogens is 294 g/mol. The lowest BCUT2D eigenvalue weighted by molar-refractivity contribution is 0.00902. The maximum atomic E-state index is 2.73. The highest BCUT2D eigenvalue weighted by molar-refractivity contribution is 4.90. The Morgan fingerprint density at radius 2 is 1.58 bits per heavy atom.